The maximum absolute atomic E-state index is 12.4. The molecule has 9 heteroatoms. The van der Waals surface area contributed by atoms with Crippen LogP contribution < -0.4 is 10.1 Å². The summed E-state index contributed by atoms with van der Waals surface area (Å²) in [5.74, 6) is -0.614. The van der Waals surface area contributed by atoms with E-state index in [4.69, 9.17) is 0 Å². The van der Waals surface area contributed by atoms with Crippen molar-refractivity contribution in [2.45, 2.75) is 6.18 Å². The van der Waals surface area contributed by atoms with Crippen molar-refractivity contribution >= 4 is 11.6 Å². The first-order valence-corrected chi connectivity index (χ1v) is 7.48. The Morgan fingerprint density at radius 3 is 2.54 bits per heavy atom. The van der Waals surface area contributed by atoms with Gasteiger partial charge in [-0.15, -0.1) is 0 Å². The molecule has 2 heterocycles. The largest absolute Gasteiger partial charge is 0.468 e. The molecule has 26 heavy (non-hydrogen) atoms. The number of aromatic nitrogens is 3. The van der Waals surface area contributed by atoms with Crippen LogP contribution in [0.25, 0.3) is 11.3 Å². The number of hydrogen-bond acceptors (Lipinski definition) is 4. The normalized spacial score (nSPS) is 11.2. The standard InChI is InChI=1S/C17H13F3N4O2/c18-17(19,20)10-26-14-7-6-12(8-21-14)23-16(25)13-9-22-24-15(13)11-4-2-1-3-5-11/h1-9H,10H2,(H,22,24)(H,23,25). The average Bonchev–Trinajstić information content (AvgIpc) is 3.11. The van der Waals surface area contributed by atoms with Crippen LogP contribution in [0.2, 0.25) is 0 Å². The van der Waals surface area contributed by atoms with E-state index >= 15 is 0 Å². The molecule has 0 radical (unpaired) electrons. The van der Waals surface area contributed by atoms with Gasteiger partial charge in [-0.05, 0) is 6.07 Å². The lowest BCUT2D eigenvalue weighted by atomic mass is 10.1. The zero-order valence-corrected chi connectivity index (χ0v) is 13.2. The Morgan fingerprint density at radius 2 is 1.88 bits per heavy atom. The number of nitrogens with zero attached hydrogens (tertiary/aromatic N) is 2. The van der Waals surface area contributed by atoms with Crippen molar-refractivity contribution in [1.29, 1.82) is 0 Å². The van der Waals surface area contributed by atoms with Crippen LogP contribution in [0.15, 0.2) is 54.9 Å². The van der Waals surface area contributed by atoms with E-state index < -0.39 is 18.7 Å². The van der Waals surface area contributed by atoms with Crippen molar-refractivity contribution in [3.63, 3.8) is 0 Å². The lowest BCUT2D eigenvalue weighted by Crippen LogP contribution is -2.19. The van der Waals surface area contributed by atoms with Crippen molar-refractivity contribution in [3.05, 3.63) is 60.4 Å². The predicted molar refractivity (Wildman–Crippen MR) is 87.8 cm³/mol. The fourth-order valence-electron chi connectivity index (χ4n) is 2.18. The van der Waals surface area contributed by atoms with Crippen LogP contribution in [0.3, 0.4) is 0 Å². The molecule has 1 amide bonds. The van der Waals surface area contributed by atoms with Gasteiger partial charge in [0.2, 0.25) is 5.88 Å². The van der Waals surface area contributed by atoms with Crippen molar-refractivity contribution in [2.24, 2.45) is 0 Å². The number of amides is 1. The molecule has 1 aromatic carbocycles. The molecule has 3 aromatic rings. The molecule has 0 aliphatic heterocycles. The number of H-pyrrole nitrogens is 1. The molecule has 134 valence electrons. The van der Waals surface area contributed by atoms with Gasteiger partial charge in [-0.3, -0.25) is 9.89 Å². The molecule has 2 N–H and O–H groups in total. The highest BCUT2D eigenvalue weighted by atomic mass is 19.4. The molecule has 6 nitrogen and oxygen atoms in total. The van der Waals surface area contributed by atoms with Gasteiger partial charge in [0.05, 0.1) is 29.3 Å². The van der Waals surface area contributed by atoms with Gasteiger partial charge in [-0.1, -0.05) is 30.3 Å². The molecule has 2 aromatic heterocycles. The molecule has 0 unspecified atom stereocenters. The first-order chi connectivity index (χ1) is 12.4. The summed E-state index contributed by atoms with van der Waals surface area (Å²) in [6.45, 7) is -1.43. The Kier molecular flexibility index (Phi) is 4.87. The number of benzene rings is 1. The van der Waals surface area contributed by atoms with Crippen molar-refractivity contribution in [3.8, 4) is 17.1 Å². The van der Waals surface area contributed by atoms with Gasteiger partial charge in [0.15, 0.2) is 6.61 Å². The highest BCUT2D eigenvalue weighted by Gasteiger charge is 2.28. The summed E-state index contributed by atoms with van der Waals surface area (Å²) >= 11 is 0. The molecule has 3 rings (SSSR count). The Balaban J connectivity index is 1.69. The van der Waals surface area contributed by atoms with E-state index in [-0.39, 0.29) is 5.88 Å². The van der Waals surface area contributed by atoms with E-state index in [9.17, 15) is 18.0 Å². The minimum absolute atomic E-state index is 0.186. The number of ether oxygens (including phenoxy) is 1. The SMILES string of the molecule is O=C(Nc1ccc(OCC(F)(F)F)nc1)c1cn[nH]c1-c1ccccc1. The first kappa shape index (κ1) is 17.5. The van der Waals surface area contributed by atoms with Crippen molar-refractivity contribution in [1.82, 2.24) is 15.2 Å². The third-order valence-electron chi connectivity index (χ3n) is 3.32. The van der Waals surface area contributed by atoms with E-state index in [1.807, 2.05) is 30.3 Å². The Hall–Kier alpha value is -3.36. The third-order valence-corrected chi connectivity index (χ3v) is 3.32. The first-order valence-electron chi connectivity index (χ1n) is 7.48. The minimum Gasteiger partial charge on any atom is -0.468 e. The van der Waals surface area contributed by atoms with Gasteiger partial charge >= 0.3 is 6.18 Å². The highest BCUT2D eigenvalue weighted by Crippen LogP contribution is 2.22. The van der Waals surface area contributed by atoms with Crippen LogP contribution in [-0.2, 0) is 0 Å². The van der Waals surface area contributed by atoms with Gasteiger partial charge in [0.25, 0.3) is 5.91 Å². The van der Waals surface area contributed by atoms with E-state index in [0.717, 1.165) is 5.56 Å². The number of aromatic amines is 1. The lowest BCUT2D eigenvalue weighted by molar-refractivity contribution is -0.154. The summed E-state index contributed by atoms with van der Waals surface area (Å²) in [5.41, 5.74) is 1.99. The van der Waals surface area contributed by atoms with E-state index in [1.54, 1.807) is 0 Å². The number of carbonyl (C=O) groups excluding carboxylic acids is 1. The fraction of sp³-hybridized carbons (Fsp3) is 0.118. The van der Waals surface area contributed by atoms with Crippen LogP contribution in [0.5, 0.6) is 5.88 Å². The number of pyridine rings is 1. The molecule has 0 aliphatic carbocycles. The highest BCUT2D eigenvalue weighted by molar-refractivity contribution is 6.07. The predicted octanol–water partition coefficient (Wildman–Crippen LogP) is 3.67. The molecular weight excluding hydrogens is 349 g/mol. The number of rotatable bonds is 5. The summed E-state index contributed by atoms with van der Waals surface area (Å²) < 4.78 is 40.8. The summed E-state index contributed by atoms with van der Waals surface area (Å²) in [7, 11) is 0. The Labute approximate surface area is 146 Å². The van der Waals surface area contributed by atoms with Gasteiger partial charge in [0, 0.05) is 11.6 Å². The zero-order valence-electron chi connectivity index (χ0n) is 13.2. The second-order valence-corrected chi connectivity index (χ2v) is 5.27. The minimum atomic E-state index is -4.44. The maximum atomic E-state index is 12.4. The average molecular weight is 362 g/mol. The molecule has 0 bridgehead atoms. The Bertz CT molecular complexity index is 877. The van der Waals surface area contributed by atoms with Gasteiger partial charge in [-0.2, -0.15) is 18.3 Å². The third kappa shape index (κ3) is 4.38. The number of carbonyl (C=O) groups is 1. The lowest BCUT2D eigenvalue weighted by Gasteiger charge is -2.09. The summed E-state index contributed by atoms with van der Waals surface area (Å²) in [6.07, 6.45) is -1.83. The molecular formula is C17H13F3N4O2. The quantitative estimate of drug-likeness (QED) is 0.726. The molecule has 0 saturated heterocycles. The van der Waals surface area contributed by atoms with Gasteiger partial charge in [-0.25, -0.2) is 4.98 Å². The van der Waals surface area contributed by atoms with Crippen molar-refractivity contribution < 1.29 is 22.7 Å². The summed E-state index contributed by atoms with van der Waals surface area (Å²) in [4.78, 5) is 16.2. The van der Waals surface area contributed by atoms with Crippen LogP contribution in [0.1, 0.15) is 10.4 Å². The zero-order chi connectivity index (χ0) is 18.6. The van der Waals surface area contributed by atoms with E-state index in [0.29, 0.717) is 16.9 Å². The van der Waals surface area contributed by atoms with E-state index in [2.05, 4.69) is 25.2 Å². The van der Waals surface area contributed by atoms with Gasteiger partial charge < -0.3 is 10.1 Å². The number of halogens is 3. The maximum Gasteiger partial charge on any atom is 0.422 e. The second-order valence-electron chi connectivity index (χ2n) is 5.27. The molecule has 0 aliphatic rings. The van der Waals surface area contributed by atoms with Crippen LogP contribution >= 0.6 is 0 Å². The number of anilines is 1. The summed E-state index contributed by atoms with van der Waals surface area (Å²) in [6, 6.07) is 11.8. The van der Waals surface area contributed by atoms with Crippen LogP contribution in [0, 0.1) is 0 Å². The van der Waals surface area contributed by atoms with Crippen molar-refractivity contribution in [2.75, 3.05) is 11.9 Å². The second kappa shape index (κ2) is 7.26. The Morgan fingerprint density at radius 1 is 1.12 bits per heavy atom. The smallest absolute Gasteiger partial charge is 0.422 e. The molecule has 0 fully saturated rings. The molecule has 0 spiro atoms. The number of hydrogen-bond donors (Lipinski definition) is 2. The number of alkyl halides is 3. The van der Waals surface area contributed by atoms with Crippen LogP contribution in [-0.4, -0.2) is 33.9 Å². The summed E-state index contributed by atoms with van der Waals surface area (Å²) in [5, 5.41) is 9.29. The van der Waals surface area contributed by atoms with Gasteiger partial charge in [0.1, 0.15) is 0 Å². The topological polar surface area (TPSA) is 79.9 Å². The molecule has 0 saturated carbocycles. The molecule has 0 atom stereocenters. The fourth-order valence-corrected chi connectivity index (χ4v) is 2.18. The van der Waals surface area contributed by atoms with Crippen LogP contribution in [0.4, 0.5) is 18.9 Å². The monoisotopic (exact) mass is 362 g/mol. The van der Waals surface area contributed by atoms with E-state index in [1.165, 1.54) is 24.5 Å². The number of nitrogens with one attached hydrogen (secondary N) is 2.